The first-order valence-electron chi connectivity index (χ1n) is 6.48. The van der Waals surface area contributed by atoms with Crippen molar-refractivity contribution in [2.75, 3.05) is 0 Å². The van der Waals surface area contributed by atoms with Crippen molar-refractivity contribution < 1.29 is 9.59 Å². The molecule has 0 aromatic carbocycles. The van der Waals surface area contributed by atoms with Gasteiger partial charge in [-0.2, -0.15) is 0 Å². The normalized spacial score (nSPS) is 16.2. The number of amides is 2. The number of hydrogen-bond acceptors (Lipinski definition) is 2. The first kappa shape index (κ1) is 15.9. The zero-order valence-electron chi connectivity index (χ0n) is 11.1. The Balaban J connectivity index is 0.000000325. The van der Waals surface area contributed by atoms with Crippen LogP contribution in [-0.2, 0) is 9.59 Å². The molecule has 0 saturated heterocycles. The van der Waals surface area contributed by atoms with E-state index in [4.69, 9.17) is 11.5 Å². The minimum absolute atomic E-state index is 0.132. The largest absolute Gasteiger partial charge is 0.370 e. The Morgan fingerprint density at radius 2 is 1.59 bits per heavy atom. The molecule has 0 aromatic rings. The lowest BCUT2D eigenvalue weighted by Gasteiger charge is -2.19. The molecule has 4 N–H and O–H groups in total. The average molecular weight is 242 g/mol. The average Bonchev–Trinajstić information content (AvgIpc) is 2.16. The van der Waals surface area contributed by atoms with Crippen LogP contribution >= 0.6 is 0 Å². The van der Waals surface area contributed by atoms with Gasteiger partial charge < -0.3 is 11.5 Å². The zero-order valence-corrected chi connectivity index (χ0v) is 11.1. The minimum atomic E-state index is -0.213. The molecule has 1 rings (SSSR count). The van der Waals surface area contributed by atoms with Gasteiger partial charge in [0.05, 0.1) is 0 Å². The molecule has 0 aliphatic heterocycles. The van der Waals surface area contributed by atoms with E-state index in [1.807, 2.05) is 13.8 Å². The van der Waals surface area contributed by atoms with Gasteiger partial charge in [0.1, 0.15) is 0 Å². The summed E-state index contributed by atoms with van der Waals surface area (Å²) in [4.78, 5) is 20.5. The lowest BCUT2D eigenvalue weighted by molar-refractivity contribution is -0.119. The molecule has 100 valence electrons. The molecule has 1 fully saturated rings. The molecule has 4 heteroatoms. The number of primary amides is 2. The summed E-state index contributed by atoms with van der Waals surface area (Å²) < 4.78 is 0. The van der Waals surface area contributed by atoms with Crippen molar-refractivity contribution in [1.29, 1.82) is 0 Å². The van der Waals surface area contributed by atoms with E-state index in [2.05, 4.69) is 0 Å². The van der Waals surface area contributed by atoms with Crippen molar-refractivity contribution >= 4 is 11.8 Å². The SMILES string of the molecule is CC(C)CC(N)=O.NC(=O)CC1CCCCC1. The third-order valence-electron chi connectivity index (χ3n) is 2.82. The van der Waals surface area contributed by atoms with Crippen molar-refractivity contribution in [3.8, 4) is 0 Å². The fraction of sp³-hybridized carbons (Fsp3) is 0.846. The summed E-state index contributed by atoms with van der Waals surface area (Å²) in [5.41, 5.74) is 9.94. The van der Waals surface area contributed by atoms with Crippen LogP contribution in [0.1, 0.15) is 58.8 Å². The Bertz CT molecular complexity index is 234. The van der Waals surface area contributed by atoms with Gasteiger partial charge in [-0.05, 0) is 24.7 Å². The van der Waals surface area contributed by atoms with E-state index in [0.29, 0.717) is 24.7 Å². The summed E-state index contributed by atoms with van der Waals surface area (Å²) in [7, 11) is 0. The topological polar surface area (TPSA) is 86.2 Å². The third-order valence-corrected chi connectivity index (χ3v) is 2.82. The maximum absolute atomic E-state index is 10.5. The number of carbonyl (C=O) groups is 2. The first-order valence-corrected chi connectivity index (χ1v) is 6.48. The second kappa shape index (κ2) is 9.02. The maximum atomic E-state index is 10.5. The second-order valence-electron chi connectivity index (χ2n) is 5.24. The second-order valence-corrected chi connectivity index (χ2v) is 5.24. The van der Waals surface area contributed by atoms with Crippen LogP contribution < -0.4 is 11.5 Å². The smallest absolute Gasteiger partial charge is 0.217 e. The number of hydrogen-bond donors (Lipinski definition) is 2. The summed E-state index contributed by atoms with van der Waals surface area (Å²) in [5.74, 6) is 0.658. The van der Waals surface area contributed by atoms with Crippen LogP contribution in [-0.4, -0.2) is 11.8 Å². The maximum Gasteiger partial charge on any atom is 0.217 e. The predicted octanol–water partition coefficient (Wildman–Crippen LogP) is 1.96. The number of carbonyl (C=O) groups excluding carboxylic acids is 2. The molecule has 1 aliphatic carbocycles. The Labute approximate surface area is 104 Å². The highest BCUT2D eigenvalue weighted by molar-refractivity contribution is 5.74. The Hall–Kier alpha value is -1.06. The Morgan fingerprint density at radius 1 is 1.06 bits per heavy atom. The molecule has 17 heavy (non-hydrogen) atoms. The van der Waals surface area contributed by atoms with E-state index in [9.17, 15) is 9.59 Å². The van der Waals surface area contributed by atoms with Gasteiger partial charge in [-0.3, -0.25) is 9.59 Å². The fourth-order valence-electron chi connectivity index (χ4n) is 2.08. The van der Waals surface area contributed by atoms with Gasteiger partial charge in [0.2, 0.25) is 11.8 Å². The van der Waals surface area contributed by atoms with Crippen molar-refractivity contribution in [1.82, 2.24) is 0 Å². The van der Waals surface area contributed by atoms with Crippen molar-refractivity contribution in [2.24, 2.45) is 23.3 Å². The van der Waals surface area contributed by atoms with Crippen LogP contribution in [0.2, 0.25) is 0 Å². The van der Waals surface area contributed by atoms with Crippen LogP contribution in [0.25, 0.3) is 0 Å². The molecule has 4 nitrogen and oxygen atoms in total. The minimum Gasteiger partial charge on any atom is -0.370 e. The molecule has 0 spiro atoms. The van der Waals surface area contributed by atoms with E-state index >= 15 is 0 Å². The summed E-state index contributed by atoms with van der Waals surface area (Å²) >= 11 is 0. The summed E-state index contributed by atoms with van der Waals surface area (Å²) in [6.45, 7) is 3.93. The highest BCUT2D eigenvalue weighted by Crippen LogP contribution is 2.25. The third kappa shape index (κ3) is 11.2. The van der Waals surface area contributed by atoms with E-state index in [1.54, 1.807) is 0 Å². The molecule has 0 heterocycles. The molecule has 0 aromatic heterocycles. The molecule has 1 saturated carbocycles. The van der Waals surface area contributed by atoms with Gasteiger partial charge in [-0.1, -0.05) is 33.1 Å². The zero-order chi connectivity index (χ0) is 13.3. The highest BCUT2D eigenvalue weighted by Gasteiger charge is 2.14. The summed E-state index contributed by atoms with van der Waals surface area (Å²) in [6, 6.07) is 0. The van der Waals surface area contributed by atoms with Gasteiger partial charge in [0, 0.05) is 12.8 Å². The van der Waals surface area contributed by atoms with Crippen LogP contribution in [0.4, 0.5) is 0 Å². The van der Waals surface area contributed by atoms with E-state index in [1.165, 1.54) is 32.1 Å². The van der Waals surface area contributed by atoms with Gasteiger partial charge in [0.25, 0.3) is 0 Å². The molecular formula is C13H26N2O2. The van der Waals surface area contributed by atoms with Crippen LogP contribution in [0.5, 0.6) is 0 Å². The molecule has 0 bridgehead atoms. The van der Waals surface area contributed by atoms with E-state index in [-0.39, 0.29) is 11.8 Å². The number of rotatable bonds is 4. The molecule has 0 radical (unpaired) electrons. The Morgan fingerprint density at radius 3 is 1.88 bits per heavy atom. The van der Waals surface area contributed by atoms with E-state index in [0.717, 1.165) is 0 Å². The lowest BCUT2D eigenvalue weighted by Crippen LogP contribution is -2.18. The first-order chi connectivity index (χ1) is 7.91. The highest BCUT2D eigenvalue weighted by atomic mass is 16.1. The molecule has 0 atom stereocenters. The van der Waals surface area contributed by atoms with Gasteiger partial charge in [0.15, 0.2) is 0 Å². The number of nitrogens with two attached hydrogens (primary N) is 2. The van der Waals surface area contributed by atoms with Crippen LogP contribution in [0, 0.1) is 11.8 Å². The van der Waals surface area contributed by atoms with E-state index < -0.39 is 0 Å². The van der Waals surface area contributed by atoms with Crippen molar-refractivity contribution in [2.45, 2.75) is 58.8 Å². The van der Waals surface area contributed by atoms with Gasteiger partial charge in [-0.25, -0.2) is 0 Å². The Kier molecular flexibility index (Phi) is 8.46. The quantitative estimate of drug-likeness (QED) is 0.789. The molecular weight excluding hydrogens is 216 g/mol. The van der Waals surface area contributed by atoms with Gasteiger partial charge >= 0.3 is 0 Å². The summed E-state index contributed by atoms with van der Waals surface area (Å²) in [5, 5.41) is 0. The summed E-state index contributed by atoms with van der Waals surface area (Å²) in [6.07, 6.45) is 7.46. The van der Waals surface area contributed by atoms with Crippen molar-refractivity contribution in [3.05, 3.63) is 0 Å². The standard InChI is InChI=1S/C8H15NO.C5H11NO/c9-8(10)6-7-4-2-1-3-5-7;1-4(2)3-5(6)7/h7H,1-6H2,(H2,9,10);4H,3H2,1-2H3,(H2,6,7). The van der Waals surface area contributed by atoms with Crippen LogP contribution in [0.3, 0.4) is 0 Å². The van der Waals surface area contributed by atoms with Crippen LogP contribution in [0.15, 0.2) is 0 Å². The molecule has 1 aliphatic rings. The lowest BCUT2D eigenvalue weighted by atomic mass is 9.87. The van der Waals surface area contributed by atoms with Crippen molar-refractivity contribution in [3.63, 3.8) is 0 Å². The molecule has 0 unspecified atom stereocenters. The predicted molar refractivity (Wildman–Crippen MR) is 69.0 cm³/mol. The van der Waals surface area contributed by atoms with Gasteiger partial charge in [-0.15, -0.1) is 0 Å². The molecule has 2 amide bonds. The monoisotopic (exact) mass is 242 g/mol. The fourth-order valence-corrected chi connectivity index (χ4v) is 2.08.